The molecule has 0 aliphatic rings. The fourth-order valence-corrected chi connectivity index (χ4v) is 4.87. The second-order valence-electron chi connectivity index (χ2n) is 6.54. The summed E-state index contributed by atoms with van der Waals surface area (Å²) in [4.78, 5) is 0.275. The van der Waals surface area contributed by atoms with E-state index in [1.807, 2.05) is 42.5 Å². The van der Waals surface area contributed by atoms with Gasteiger partial charge in [-0.05, 0) is 66.4 Å². The number of benzene rings is 3. The van der Waals surface area contributed by atoms with Gasteiger partial charge in [-0.2, -0.15) is 0 Å². The minimum absolute atomic E-state index is 0.275. The highest BCUT2D eigenvalue weighted by atomic mass is 32.2. The molecule has 0 radical (unpaired) electrons. The maximum Gasteiger partial charge on any atom is 0.268 e. The van der Waals surface area contributed by atoms with Crippen LogP contribution in [0.4, 0.5) is 0 Å². The van der Waals surface area contributed by atoms with Gasteiger partial charge in [0.15, 0.2) is 0 Å². The first-order chi connectivity index (χ1) is 13.6. The van der Waals surface area contributed by atoms with Gasteiger partial charge in [0.25, 0.3) is 10.0 Å². The van der Waals surface area contributed by atoms with Crippen LogP contribution in [0.5, 0.6) is 0 Å². The van der Waals surface area contributed by atoms with Crippen molar-refractivity contribution < 1.29 is 12.6 Å². The van der Waals surface area contributed by atoms with Crippen molar-refractivity contribution in [3.63, 3.8) is 0 Å². The molecule has 0 bridgehead atoms. The Labute approximate surface area is 170 Å². The van der Waals surface area contributed by atoms with E-state index in [2.05, 4.69) is 19.0 Å². The summed E-state index contributed by atoms with van der Waals surface area (Å²) in [7, 11) is -3.62. The van der Waals surface area contributed by atoms with Crippen LogP contribution >= 0.6 is 12.9 Å². The van der Waals surface area contributed by atoms with Crippen molar-refractivity contribution >= 4 is 33.8 Å². The molecule has 4 nitrogen and oxygen atoms in total. The van der Waals surface area contributed by atoms with E-state index in [9.17, 15) is 8.42 Å². The molecule has 1 heterocycles. The maximum atomic E-state index is 12.9. The third-order valence-electron chi connectivity index (χ3n) is 4.75. The zero-order valence-electron chi connectivity index (χ0n) is 15.0. The second-order valence-corrected chi connectivity index (χ2v) is 8.61. The average Bonchev–Trinajstić information content (AvgIpc) is 3.14. The average molecular weight is 410 g/mol. The molecule has 0 spiro atoms. The molecule has 0 amide bonds. The van der Waals surface area contributed by atoms with Crippen molar-refractivity contribution in [2.45, 2.75) is 17.9 Å². The molecule has 0 unspecified atom stereocenters. The van der Waals surface area contributed by atoms with Crippen LogP contribution in [0.2, 0.25) is 0 Å². The van der Waals surface area contributed by atoms with Gasteiger partial charge in [-0.15, -0.1) is 0 Å². The van der Waals surface area contributed by atoms with Gasteiger partial charge in [-0.1, -0.05) is 48.5 Å². The summed E-state index contributed by atoms with van der Waals surface area (Å²) in [6.45, 7) is 0.438. The molecule has 6 heteroatoms. The number of hydrogen-bond donors (Lipinski definition) is 1. The molecule has 0 N–H and O–H groups in total. The molecule has 4 rings (SSSR count). The quantitative estimate of drug-likeness (QED) is 0.366. The van der Waals surface area contributed by atoms with Crippen LogP contribution < -0.4 is 0 Å². The van der Waals surface area contributed by atoms with Crippen molar-refractivity contribution in [2.24, 2.45) is 0 Å². The van der Waals surface area contributed by atoms with Gasteiger partial charge in [0.05, 0.1) is 17.0 Å². The third kappa shape index (κ3) is 3.58. The van der Waals surface area contributed by atoms with Gasteiger partial charge in [0, 0.05) is 11.6 Å². The van der Waals surface area contributed by atoms with Crippen molar-refractivity contribution in [1.82, 2.24) is 3.97 Å². The summed E-state index contributed by atoms with van der Waals surface area (Å²) < 4.78 is 32.2. The zero-order chi connectivity index (χ0) is 19.6. The van der Waals surface area contributed by atoms with Gasteiger partial charge >= 0.3 is 0 Å². The predicted octanol–water partition coefficient (Wildman–Crippen LogP) is 4.83. The molecule has 0 aliphatic heterocycles. The first kappa shape index (κ1) is 18.8. The van der Waals surface area contributed by atoms with Gasteiger partial charge < -0.3 is 4.18 Å². The molecule has 0 saturated heterocycles. The van der Waals surface area contributed by atoms with Crippen LogP contribution in [0.15, 0.2) is 90.0 Å². The molecular weight excluding hydrogens is 390 g/mol. The zero-order valence-corrected chi connectivity index (χ0v) is 16.7. The summed E-state index contributed by atoms with van der Waals surface area (Å²) in [5.74, 6) is 0. The lowest BCUT2D eigenvalue weighted by Crippen LogP contribution is -2.11. The molecule has 3 aromatic carbocycles. The van der Waals surface area contributed by atoms with Crippen LogP contribution in [-0.2, 0) is 27.2 Å². The lowest BCUT2D eigenvalue weighted by atomic mass is 9.99. The highest BCUT2D eigenvalue weighted by Crippen LogP contribution is 2.25. The van der Waals surface area contributed by atoms with Gasteiger partial charge in [0.2, 0.25) is 0 Å². The molecule has 0 atom stereocenters. The monoisotopic (exact) mass is 409 g/mol. The summed E-state index contributed by atoms with van der Waals surface area (Å²) in [5.41, 5.74) is 4.02. The highest BCUT2D eigenvalue weighted by Gasteiger charge is 2.18. The minimum Gasteiger partial charge on any atom is -0.314 e. The SMILES string of the molecule is O=S(=O)(c1ccccc1)n1ccc2cc(Cc3ccccc3COS)ccc21. The minimum atomic E-state index is -3.62. The lowest BCUT2D eigenvalue weighted by Gasteiger charge is -2.10. The van der Waals surface area contributed by atoms with E-state index in [-0.39, 0.29) is 4.90 Å². The Kier molecular flexibility index (Phi) is 5.26. The Hall–Kier alpha value is -2.54. The molecule has 142 valence electrons. The van der Waals surface area contributed by atoms with E-state index in [1.165, 1.54) is 3.97 Å². The maximum absolute atomic E-state index is 12.9. The fraction of sp³-hybridized carbons (Fsp3) is 0.0909. The van der Waals surface area contributed by atoms with E-state index < -0.39 is 10.0 Å². The van der Waals surface area contributed by atoms with Gasteiger partial charge in [0.1, 0.15) is 0 Å². The number of fused-ring (bicyclic) bond motifs is 1. The Balaban J connectivity index is 1.70. The van der Waals surface area contributed by atoms with Crippen molar-refractivity contribution in [2.75, 3.05) is 0 Å². The molecule has 0 saturated carbocycles. The number of hydrogen-bond acceptors (Lipinski definition) is 4. The molecule has 0 aliphatic carbocycles. The Morgan fingerprint density at radius 1 is 0.857 bits per heavy atom. The Bertz CT molecular complexity index is 1220. The predicted molar refractivity (Wildman–Crippen MR) is 114 cm³/mol. The van der Waals surface area contributed by atoms with Crippen molar-refractivity contribution in [3.8, 4) is 0 Å². The van der Waals surface area contributed by atoms with Crippen molar-refractivity contribution in [3.05, 3.63) is 102 Å². The second kappa shape index (κ2) is 7.83. The molecule has 0 fully saturated rings. The topological polar surface area (TPSA) is 48.3 Å². The van der Waals surface area contributed by atoms with Crippen LogP contribution in [0.1, 0.15) is 16.7 Å². The van der Waals surface area contributed by atoms with Crippen LogP contribution in [0.25, 0.3) is 10.9 Å². The summed E-state index contributed by atoms with van der Waals surface area (Å²) in [5, 5.41) is 0.889. The molecule has 1 aromatic heterocycles. The number of nitrogens with zero attached hydrogens (tertiary/aromatic N) is 1. The summed E-state index contributed by atoms with van der Waals surface area (Å²) in [6, 6.07) is 24.2. The first-order valence-corrected chi connectivity index (χ1v) is 10.6. The van der Waals surface area contributed by atoms with Crippen LogP contribution in [-0.4, -0.2) is 12.4 Å². The van der Waals surface area contributed by atoms with E-state index in [1.54, 1.807) is 36.5 Å². The normalized spacial score (nSPS) is 11.8. The summed E-state index contributed by atoms with van der Waals surface area (Å²) >= 11 is 3.85. The van der Waals surface area contributed by atoms with E-state index in [0.717, 1.165) is 28.5 Å². The van der Waals surface area contributed by atoms with Crippen LogP contribution in [0.3, 0.4) is 0 Å². The van der Waals surface area contributed by atoms with E-state index in [0.29, 0.717) is 12.1 Å². The smallest absolute Gasteiger partial charge is 0.268 e. The van der Waals surface area contributed by atoms with E-state index >= 15 is 0 Å². The highest BCUT2D eigenvalue weighted by molar-refractivity contribution is 7.90. The number of thiol groups is 1. The van der Waals surface area contributed by atoms with E-state index in [4.69, 9.17) is 4.18 Å². The Morgan fingerprint density at radius 3 is 2.32 bits per heavy atom. The molecule has 28 heavy (non-hydrogen) atoms. The van der Waals surface area contributed by atoms with Gasteiger partial charge in [-0.3, -0.25) is 0 Å². The number of rotatable bonds is 6. The molecular formula is C22H19NO3S2. The fourth-order valence-electron chi connectivity index (χ4n) is 3.35. The summed E-state index contributed by atoms with van der Waals surface area (Å²) in [6.07, 6.45) is 2.35. The third-order valence-corrected chi connectivity index (χ3v) is 6.59. The van der Waals surface area contributed by atoms with Crippen LogP contribution in [0, 0.1) is 0 Å². The standard InChI is InChI=1S/C22H19NO3S2/c24-28(25,21-8-2-1-3-9-21)23-13-12-19-15-17(10-11-22(19)23)14-18-6-4-5-7-20(18)16-26-27/h1-13,15,27H,14,16H2. The first-order valence-electron chi connectivity index (χ1n) is 8.83. The molecule has 4 aromatic rings. The van der Waals surface area contributed by atoms with Crippen molar-refractivity contribution in [1.29, 1.82) is 0 Å². The lowest BCUT2D eigenvalue weighted by molar-refractivity contribution is 0.370. The number of aromatic nitrogens is 1. The Morgan fingerprint density at radius 2 is 1.57 bits per heavy atom. The van der Waals surface area contributed by atoms with Gasteiger partial charge in [-0.25, -0.2) is 12.4 Å². The largest absolute Gasteiger partial charge is 0.314 e.